The summed E-state index contributed by atoms with van der Waals surface area (Å²) >= 11 is 4.99. The summed E-state index contributed by atoms with van der Waals surface area (Å²) in [7, 11) is 0. The van der Waals surface area contributed by atoms with Crippen LogP contribution in [0.15, 0.2) is 72.5 Å². The number of ether oxygens (including phenoxy) is 2. The van der Waals surface area contributed by atoms with E-state index in [9.17, 15) is 14.9 Å². The molecule has 1 amide bonds. The summed E-state index contributed by atoms with van der Waals surface area (Å²) in [5, 5.41) is 17.1. The van der Waals surface area contributed by atoms with Crippen LogP contribution in [-0.2, 0) is 9.47 Å². The van der Waals surface area contributed by atoms with Crippen LogP contribution in [0, 0.1) is 15.9 Å². The first kappa shape index (κ1) is 24.6. The van der Waals surface area contributed by atoms with Crippen LogP contribution < -0.4 is 15.5 Å². The second kappa shape index (κ2) is 10.1. The van der Waals surface area contributed by atoms with Crippen LogP contribution in [0.1, 0.15) is 12.5 Å². The Morgan fingerprint density at radius 1 is 1.27 bits per heavy atom. The minimum Gasteiger partial charge on any atom is -0.442 e. The van der Waals surface area contributed by atoms with E-state index in [2.05, 4.69) is 10.6 Å². The molecule has 1 aliphatic carbocycles. The number of non-ortho nitro benzene ring substituents is 1. The van der Waals surface area contributed by atoms with Crippen LogP contribution in [-0.4, -0.2) is 47.4 Å². The van der Waals surface area contributed by atoms with E-state index in [4.69, 9.17) is 21.7 Å². The van der Waals surface area contributed by atoms with Crippen molar-refractivity contribution in [2.45, 2.75) is 25.2 Å². The van der Waals surface area contributed by atoms with Crippen LogP contribution in [0.4, 0.5) is 26.2 Å². The second-order valence-electron chi connectivity index (χ2n) is 8.77. The fourth-order valence-corrected chi connectivity index (χ4v) is 4.26. The van der Waals surface area contributed by atoms with Crippen molar-refractivity contribution in [1.29, 1.82) is 0 Å². The molecule has 0 spiro atoms. The highest BCUT2D eigenvalue weighted by molar-refractivity contribution is 7.80. The van der Waals surface area contributed by atoms with Crippen LogP contribution >= 0.6 is 12.2 Å². The van der Waals surface area contributed by atoms with Crippen molar-refractivity contribution in [3.63, 3.8) is 0 Å². The minimum atomic E-state index is -0.546. The summed E-state index contributed by atoms with van der Waals surface area (Å²) in [6.07, 6.45) is 6.14. The zero-order valence-corrected chi connectivity index (χ0v) is 20.5. The number of thiocarbonyl (C=S) groups is 1. The predicted octanol–water partition coefficient (Wildman–Crippen LogP) is 4.71. The minimum absolute atomic E-state index is 0.000826. The van der Waals surface area contributed by atoms with E-state index in [1.807, 2.05) is 24.3 Å². The molecular weight excluding hydrogens is 499 g/mol. The first-order valence-corrected chi connectivity index (χ1v) is 12.0. The number of nitro groups is 1. The summed E-state index contributed by atoms with van der Waals surface area (Å²) in [5.74, 6) is -0.543. The lowest BCUT2D eigenvalue weighted by Crippen LogP contribution is -2.32. The number of benzene rings is 2. The molecule has 0 saturated carbocycles. The largest absolute Gasteiger partial charge is 0.442 e. The van der Waals surface area contributed by atoms with Gasteiger partial charge in [0.2, 0.25) is 0 Å². The molecule has 37 heavy (non-hydrogen) atoms. The number of fused-ring (bicyclic) bond motifs is 1. The number of nitrogens with zero attached hydrogens (tertiary/aromatic N) is 2. The molecule has 190 valence electrons. The highest BCUT2D eigenvalue weighted by Crippen LogP contribution is 2.36. The maximum atomic E-state index is 15.2. The third-order valence-corrected chi connectivity index (χ3v) is 6.27. The number of nitrogens with one attached hydrogen (secondary N) is 2. The molecule has 2 aromatic rings. The topological polar surface area (TPSA) is 109 Å². The average molecular weight is 523 g/mol. The third kappa shape index (κ3) is 5.52. The average Bonchev–Trinajstić information content (AvgIpc) is 3.52. The maximum Gasteiger partial charge on any atom is 0.414 e. The standard InChI is InChI=1S/C26H23FN4O5S/c1-15(37)28-13-20-14-30(26(32)35-20)19-9-10-22(21(27)12-19)29-23-11-17(3-2-4-24-25(23)36-24)16-5-7-18(8-6-16)31(33)34/h2-12,20,24-25,29H,13-14H2,1H3,(H,28,37)/b4-2-,17-3+,23-11+/t20-,24?,25?/m0/s1. The summed E-state index contributed by atoms with van der Waals surface area (Å²) < 4.78 is 26.2. The number of halogens is 1. The maximum absolute atomic E-state index is 15.2. The predicted molar refractivity (Wildman–Crippen MR) is 141 cm³/mol. The van der Waals surface area contributed by atoms with Gasteiger partial charge in [-0.2, -0.15) is 0 Å². The van der Waals surface area contributed by atoms with Gasteiger partial charge >= 0.3 is 6.09 Å². The molecular formula is C26H23FN4O5S. The quantitative estimate of drug-likeness (QED) is 0.233. The number of carbonyl (C=O) groups is 1. The van der Waals surface area contributed by atoms with Crippen LogP contribution in [0.5, 0.6) is 0 Å². The number of hydrogen-bond acceptors (Lipinski definition) is 7. The third-order valence-electron chi connectivity index (χ3n) is 6.13. The summed E-state index contributed by atoms with van der Waals surface area (Å²) in [4.78, 5) is 24.8. The van der Waals surface area contributed by atoms with Gasteiger partial charge in [0, 0.05) is 17.8 Å². The van der Waals surface area contributed by atoms with Crippen molar-refractivity contribution in [2.24, 2.45) is 0 Å². The second-order valence-corrected chi connectivity index (χ2v) is 9.39. The molecule has 2 heterocycles. The Hall–Kier alpha value is -4.09. The lowest BCUT2D eigenvalue weighted by atomic mass is 10.0. The van der Waals surface area contributed by atoms with Crippen LogP contribution in [0.3, 0.4) is 0 Å². The highest BCUT2D eigenvalue weighted by Gasteiger charge is 2.41. The molecule has 11 heteroatoms. The van der Waals surface area contributed by atoms with E-state index >= 15 is 4.39 Å². The molecule has 0 aromatic heterocycles. The van der Waals surface area contributed by atoms with Crippen molar-refractivity contribution in [2.75, 3.05) is 23.3 Å². The molecule has 2 unspecified atom stereocenters. The first-order valence-electron chi connectivity index (χ1n) is 11.6. The van der Waals surface area contributed by atoms with Crippen molar-refractivity contribution in [3.8, 4) is 0 Å². The number of rotatable bonds is 7. The van der Waals surface area contributed by atoms with Crippen LogP contribution in [0.2, 0.25) is 0 Å². The molecule has 3 atom stereocenters. The summed E-state index contributed by atoms with van der Waals surface area (Å²) in [6, 6.07) is 10.7. The summed E-state index contributed by atoms with van der Waals surface area (Å²) in [5.41, 5.74) is 2.80. The zero-order chi connectivity index (χ0) is 26.1. The number of anilines is 2. The smallest absolute Gasteiger partial charge is 0.414 e. The van der Waals surface area contributed by atoms with Gasteiger partial charge in [-0.3, -0.25) is 15.0 Å². The SMILES string of the molecule is CC(=S)NC[C@H]1CN(c2ccc(N/C3=C/C(c4ccc([N+](=O)[O-])cc4)=C\C=C/C4OC34)c(F)c2)C(=O)O1. The number of carbonyl (C=O) groups excluding carboxylic acids is 1. The van der Waals surface area contributed by atoms with Gasteiger partial charge in [-0.1, -0.05) is 30.4 Å². The van der Waals surface area contributed by atoms with Gasteiger partial charge in [0.15, 0.2) is 0 Å². The molecule has 9 nitrogen and oxygen atoms in total. The van der Waals surface area contributed by atoms with Crippen molar-refractivity contribution >= 4 is 45.9 Å². The number of amides is 1. The number of epoxide rings is 1. The fourth-order valence-electron chi connectivity index (χ4n) is 4.17. The van der Waals surface area contributed by atoms with E-state index in [1.54, 1.807) is 31.2 Å². The van der Waals surface area contributed by atoms with E-state index in [0.29, 0.717) is 22.9 Å². The number of nitro benzene ring substituents is 1. The van der Waals surface area contributed by atoms with Gasteiger partial charge < -0.3 is 20.1 Å². The Morgan fingerprint density at radius 3 is 2.76 bits per heavy atom. The van der Waals surface area contributed by atoms with Gasteiger partial charge in [0.25, 0.3) is 5.69 Å². The normalized spacial score (nSPS) is 25.8. The molecule has 3 aliphatic rings. The Labute approximate surface area is 217 Å². The van der Waals surface area contributed by atoms with E-state index < -0.39 is 22.9 Å². The molecule has 0 bridgehead atoms. The fraction of sp³-hybridized carbons (Fsp3) is 0.231. The summed E-state index contributed by atoms with van der Waals surface area (Å²) in [6.45, 7) is 2.40. The zero-order valence-electron chi connectivity index (χ0n) is 19.7. The van der Waals surface area contributed by atoms with Crippen molar-refractivity contribution in [3.05, 3.63) is 94.0 Å². The monoisotopic (exact) mass is 522 g/mol. The van der Waals surface area contributed by atoms with Gasteiger partial charge in [-0.25, -0.2) is 9.18 Å². The molecule has 5 rings (SSSR count). The molecule has 2 aliphatic heterocycles. The Morgan fingerprint density at radius 2 is 2.05 bits per heavy atom. The lowest BCUT2D eigenvalue weighted by molar-refractivity contribution is -0.384. The van der Waals surface area contributed by atoms with E-state index in [1.165, 1.54) is 23.1 Å². The Kier molecular flexibility index (Phi) is 6.72. The van der Waals surface area contributed by atoms with Crippen molar-refractivity contribution in [1.82, 2.24) is 5.32 Å². The lowest BCUT2D eigenvalue weighted by Gasteiger charge is -2.16. The van der Waals surface area contributed by atoms with Gasteiger partial charge in [0.1, 0.15) is 24.1 Å². The number of allylic oxidation sites excluding steroid dienone is 4. The van der Waals surface area contributed by atoms with E-state index in [-0.39, 0.29) is 30.1 Å². The molecule has 2 N–H and O–H groups in total. The first-order chi connectivity index (χ1) is 17.8. The molecule has 2 aromatic carbocycles. The molecule has 2 saturated heterocycles. The van der Waals surface area contributed by atoms with Gasteiger partial charge in [-0.15, -0.1) is 0 Å². The highest BCUT2D eigenvalue weighted by atomic mass is 32.1. The van der Waals surface area contributed by atoms with Gasteiger partial charge in [-0.05, 0) is 54.5 Å². The Balaban J connectivity index is 1.34. The van der Waals surface area contributed by atoms with Gasteiger partial charge in [0.05, 0.1) is 34.4 Å². The number of cyclic esters (lactones) is 1. The van der Waals surface area contributed by atoms with E-state index in [0.717, 1.165) is 11.1 Å². The number of hydrogen-bond donors (Lipinski definition) is 2. The van der Waals surface area contributed by atoms with Crippen LogP contribution in [0.25, 0.3) is 5.57 Å². The molecule has 0 radical (unpaired) electrons. The molecule has 2 fully saturated rings. The van der Waals surface area contributed by atoms with Crippen molar-refractivity contribution < 1.29 is 23.6 Å². The Bertz CT molecular complexity index is 1360.